The lowest BCUT2D eigenvalue weighted by Gasteiger charge is -2.16. The quantitative estimate of drug-likeness (QED) is 0.865. The predicted molar refractivity (Wildman–Crippen MR) is 71.5 cm³/mol. The first-order valence-electron chi connectivity index (χ1n) is 5.15. The minimum absolute atomic E-state index is 0.166. The Labute approximate surface area is 117 Å². The van der Waals surface area contributed by atoms with Crippen LogP contribution >= 0.6 is 27.5 Å². The van der Waals surface area contributed by atoms with Gasteiger partial charge < -0.3 is 5.73 Å². The molecule has 2 N–H and O–H groups in total. The highest BCUT2D eigenvalue weighted by molar-refractivity contribution is 9.10. The first-order chi connectivity index (χ1) is 8.50. The van der Waals surface area contributed by atoms with Crippen LogP contribution in [-0.2, 0) is 0 Å². The molecule has 0 aliphatic rings. The summed E-state index contributed by atoms with van der Waals surface area (Å²) in [5.41, 5.74) is 6.29. The lowest BCUT2D eigenvalue weighted by atomic mass is 9.98. The van der Waals surface area contributed by atoms with E-state index in [4.69, 9.17) is 17.3 Å². The van der Waals surface area contributed by atoms with Gasteiger partial charge in [0.15, 0.2) is 0 Å². The lowest BCUT2D eigenvalue weighted by Crippen LogP contribution is -2.16. The maximum absolute atomic E-state index is 13.7. The third-order valence-electron chi connectivity index (χ3n) is 2.60. The molecular formula is C13H9BrClF2N. The van der Waals surface area contributed by atoms with Gasteiger partial charge >= 0.3 is 0 Å². The van der Waals surface area contributed by atoms with Crippen LogP contribution < -0.4 is 5.73 Å². The molecule has 2 rings (SSSR count). The predicted octanol–water partition coefficient (Wildman–Crippen LogP) is 4.43. The zero-order chi connectivity index (χ0) is 13.3. The Balaban J connectivity index is 2.54. The molecule has 2 aromatic rings. The number of halogens is 4. The van der Waals surface area contributed by atoms with E-state index in [1.165, 1.54) is 18.2 Å². The summed E-state index contributed by atoms with van der Waals surface area (Å²) >= 11 is 9.16. The summed E-state index contributed by atoms with van der Waals surface area (Å²) in [7, 11) is 0. The molecule has 0 aliphatic heterocycles. The topological polar surface area (TPSA) is 26.0 Å². The van der Waals surface area contributed by atoms with Crippen molar-refractivity contribution >= 4 is 27.5 Å². The molecule has 0 bridgehead atoms. The van der Waals surface area contributed by atoms with Crippen molar-refractivity contribution in [2.24, 2.45) is 5.73 Å². The van der Waals surface area contributed by atoms with Gasteiger partial charge in [-0.2, -0.15) is 0 Å². The highest BCUT2D eigenvalue weighted by atomic mass is 79.9. The van der Waals surface area contributed by atoms with Crippen molar-refractivity contribution < 1.29 is 8.78 Å². The Bertz CT molecular complexity index is 569. The van der Waals surface area contributed by atoms with E-state index in [-0.39, 0.29) is 5.56 Å². The maximum Gasteiger partial charge on any atom is 0.131 e. The summed E-state index contributed by atoms with van der Waals surface area (Å²) < 4.78 is 28.0. The lowest BCUT2D eigenvalue weighted by molar-refractivity contribution is 0.543. The van der Waals surface area contributed by atoms with Crippen molar-refractivity contribution in [1.82, 2.24) is 0 Å². The first kappa shape index (κ1) is 13.5. The van der Waals surface area contributed by atoms with E-state index in [1.807, 2.05) is 0 Å². The van der Waals surface area contributed by atoms with Gasteiger partial charge in [-0.1, -0.05) is 33.6 Å². The molecule has 0 radical (unpaired) electrons. The van der Waals surface area contributed by atoms with Crippen LogP contribution in [0.2, 0.25) is 5.02 Å². The standard InChI is InChI=1S/C13H9BrClF2N/c14-9-5-4-7(15)6-8(9)13(18)12-10(16)2-1-3-11(12)17/h1-6,13H,18H2. The van der Waals surface area contributed by atoms with Gasteiger partial charge in [-0.15, -0.1) is 0 Å². The molecule has 0 aromatic heterocycles. The van der Waals surface area contributed by atoms with Crippen LogP contribution in [0.3, 0.4) is 0 Å². The van der Waals surface area contributed by atoms with E-state index >= 15 is 0 Å². The molecule has 0 saturated carbocycles. The Morgan fingerprint density at radius 3 is 2.33 bits per heavy atom. The largest absolute Gasteiger partial charge is 0.320 e. The Morgan fingerprint density at radius 2 is 1.72 bits per heavy atom. The van der Waals surface area contributed by atoms with Crippen LogP contribution in [0, 0.1) is 11.6 Å². The third kappa shape index (κ3) is 2.55. The Morgan fingerprint density at radius 1 is 1.11 bits per heavy atom. The summed E-state index contributed by atoms with van der Waals surface area (Å²) in [6, 6.07) is 7.68. The highest BCUT2D eigenvalue weighted by Crippen LogP contribution is 2.31. The van der Waals surface area contributed by atoms with Gasteiger partial charge in [0, 0.05) is 15.1 Å². The van der Waals surface area contributed by atoms with Gasteiger partial charge in [-0.05, 0) is 35.9 Å². The van der Waals surface area contributed by atoms with Crippen molar-refractivity contribution in [3.8, 4) is 0 Å². The molecule has 1 unspecified atom stereocenters. The van der Waals surface area contributed by atoms with Gasteiger partial charge in [0.05, 0.1) is 6.04 Å². The fourth-order valence-electron chi connectivity index (χ4n) is 1.72. The Kier molecular flexibility index (Phi) is 4.00. The fourth-order valence-corrected chi connectivity index (χ4v) is 2.39. The third-order valence-corrected chi connectivity index (χ3v) is 3.56. The summed E-state index contributed by atoms with van der Waals surface area (Å²) in [6.45, 7) is 0. The number of hydrogen-bond donors (Lipinski definition) is 1. The van der Waals surface area contributed by atoms with Crippen molar-refractivity contribution in [3.63, 3.8) is 0 Å². The van der Waals surface area contributed by atoms with E-state index in [0.29, 0.717) is 15.1 Å². The summed E-state index contributed by atoms with van der Waals surface area (Å²) in [5, 5.41) is 0.459. The smallest absolute Gasteiger partial charge is 0.131 e. The average Bonchev–Trinajstić information content (AvgIpc) is 2.32. The normalized spacial score (nSPS) is 12.5. The second-order valence-electron chi connectivity index (χ2n) is 3.78. The molecule has 5 heteroatoms. The second kappa shape index (κ2) is 5.34. The molecular weight excluding hydrogens is 324 g/mol. The fraction of sp³-hybridized carbons (Fsp3) is 0.0769. The van der Waals surface area contributed by atoms with Gasteiger partial charge in [0.25, 0.3) is 0 Å². The maximum atomic E-state index is 13.7. The van der Waals surface area contributed by atoms with Crippen molar-refractivity contribution in [3.05, 3.63) is 68.7 Å². The molecule has 0 spiro atoms. The molecule has 1 atom stereocenters. The molecule has 0 heterocycles. The van der Waals surface area contributed by atoms with Crippen molar-refractivity contribution in [1.29, 1.82) is 0 Å². The van der Waals surface area contributed by atoms with Gasteiger partial charge in [0.2, 0.25) is 0 Å². The zero-order valence-electron chi connectivity index (χ0n) is 9.13. The van der Waals surface area contributed by atoms with E-state index in [2.05, 4.69) is 15.9 Å². The number of benzene rings is 2. The van der Waals surface area contributed by atoms with Crippen LogP contribution in [0.25, 0.3) is 0 Å². The van der Waals surface area contributed by atoms with Gasteiger partial charge in [0.1, 0.15) is 11.6 Å². The summed E-state index contributed by atoms with van der Waals surface area (Å²) in [4.78, 5) is 0. The minimum Gasteiger partial charge on any atom is -0.320 e. The number of rotatable bonds is 2. The van der Waals surface area contributed by atoms with Crippen LogP contribution in [0.5, 0.6) is 0 Å². The van der Waals surface area contributed by atoms with Crippen LogP contribution in [0.4, 0.5) is 8.78 Å². The average molecular weight is 333 g/mol. The molecule has 0 aliphatic carbocycles. The van der Waals surface area contributed by atoms with Gasteiger partial charge in [-0.25, -0.2) is 8.78 Å². The van der Waals surface area contributed by atoms with Gasteiger partial charge in [-0.3, -0.25) is 0 Å². The number of nitrogens with two attached hydrogens (primary N) is 1. The van der Waals surface area contributed by atoms with E-state index in [9.17, 15) is 8.78 Å². The summed E-state index contributed by atoms with van der Waals surface area (Å²) in [5.74, 6) is -1.34. The van der Waals surface area contributed by atoms with Crippen molar-refractivity contribution in [2.75, 3.05) is 0 Å². The first-order valence-corrected chi connectivity index (χ1v) is 6.32. The molecule has 1 nitrogen and oxygen atoms in total. The summed E-state index contributed by atoms with van der Waals surface area (Å²) in [6.07, 6.45) is 0. The van der Waals surface area contributed by atoms with E-state index in [1.54, 1.807) is 18.2 Å². The van der Waals surface area contributed by atoms with E-state index < -0.39 is 17.7 Å². The second-order valence-corrected chi connectivity index (χ2v) is 5.07. The molecule has 0 fully saturated rings. The Hall–Kier alpha value is -0.970. The van der Waals surface area contributed by atoms with Crippen LogP contribution in [0.15, 0.2) is 40.9 Å². The molecule has 2 aromatic carbocycles. The number of hydrogen-bond acceptors (Lipinski definition) is 1. The van der Waals surface area contributed by atoms with Crippen LogP contribution in [-0.4, -0.2) is 0 Å². The highest BCUT2D eigenvalue weighted by Gasteiger charge is 2.20. The minimum atomic E-state index is -0.917. The monoisotopic (exact) mass is 331 g/mol. The molecule has 0 amide bonds. The van der Waals surface area contributed by atoms with Crippen molar-refractivity contribution in [2.45, 2.75) is 6.04 Å². The van der Waals surface area contributed by atoms with Crippen LogP contribution in [0.1, 0.15) is 17.2 Å². The molecule has 0 saturated heterocycles. The zero-order valence-corrected chi connectivity index (χ0v) is 11.5. The SMILES string of the molecule is NC(c1cc(Cl)ccc1Br)c1c(F)cccc1F. The molecule has 18 heavy (non-hydrogen) atoms. The molecule has 94 valence electrons. The van der Waals surface area contributed by atoms with E-state index in [0.717, 1.165) is 0 Å².